The van der Waals surface area contributed by atoms with Gasteiger partial charge in [-0.15, -0.1) is 0 Å². The van der Waals surface area contributed by atoms with Crippen LogP contribution in [0.15, 0.2) is 65.7 Å². The number of hydrogen-bond donors (Lipinski definition) is 3. The Hall–Kier alpha value is -3.62. The maximum absolute atomic E-state index is 13.0. The number of nitrogens with two attached hydrogens (primary N) is 3. The molecule has 3 aromatic rings. The van der Waals surface area contributed by atoms with Crippen molar-refractivity contribution in [1.29, 1.82) is 0 Å². The normalized spacial score (nSPS) is 14.9. The van der Waals surface area contributed by atoms with Crippen LogP contribution < -0.4 is 17.2 Å². The summed E-state index contributed by atoms with van der Waals surface area (Å²) in [7, 11) is 0. The predicted octanol–water partition coefficient (Wildman–Crippen LogP) is 3.39. The van der Waals surface area contributed by atoms with Gasteiger partial charge in [-0.2, -0.15) is 0 Å². The van der Waals surface area contributed by atoms with Crippen molar-refractivity contribution < 1.29 is 9.59 Å². The van der Waals surface area contributed by atoms with Crippen LogP contribution in [-0.2, 0) is 16.0 Å². The number of nitrogens with zero attached hydrogens (tertiary/aromatic N) is 3. The van der Waals surface area contributed by atoms with E-state index in [4.69, 9.17) is 28.8 Å². The van der Waals surface area contributed by atoms with Crippen molar-refractivity contribution in [2.75, 3.05) is 32.7 Å². The van der Waals surface area contributed by atoms with Crippen LogP contribution in [0, 0.1) is 13.8 Å². The van der Waals surface area contributed by atoms with Gasteiger partial charge in [-0.3, -0.25) is 14.6 Å². The summed E-state index contributed by atoms with van der Waals surface area (Å²) in [6.07, 6.45) is 1.78. The second-order valence-corrected chi connectivity index (χ2v) is 10.3. The van der Waals surface area contributed by atoms with Crippen molar-refractivity contribution in [2.45, 2.75) is 39.2 Å². The SMILES string of the molecule is Cc1ccc(Cl)cc1C.NCC(=O)N1CCN(C(=O)Cc2ccc3ccccc3c2)CC1CCCN=C(N)N. The summed E-state index contributed by atoms with van der Waals surface area (Å²) in [5.74, 6) is 0.0311. The highest BCUT2D eigenvalue weighted by Crippen LogP contribution is 2.19. The fourth-order valence-corrected chi connectivity index (χ4v) is 4.88. The van der Waals surface area contributed by atoms with Crippen molar-refractivity contribution in [3.8, 4) is 0 Å². The van der Waals surface area contributed by atoms with Gasteiger partial charge in [0.15, 0.2) is 5.96 Å². The lowest BCUT2D eigenvalue weighted by molar-refractivity contribution is -0.142. The molecule has 1 atom stereocenters. The van der Waals surface area contributed by atoms with Crippen LogP contribution in [0.4, 0.5) is 0 Å². The van der Waals surface area contributed by atoms with Gasteiger partial charge in [0.1, 0.15) is 0 Å². The smallest absolute Gasteiger partial charge is 0.236 e. The third-order valence-electron chi connectivity index (χ3n) is 6.96. The van der Waals surface area contributed by atoms with Crippen LogP contribution in [0.25, 0.3) is 10.8 Å². The average molecular weight is 551 g/mol. The van der Waals surface area contributed by atoms with Crippen molar-refractivity contribution in [3.05, 3.63) is 82.4 Å². The second kappa shape index (κ2) is 14.5. The minimum Gasteiger partial charge on any atom is -0.370 e. The quantitative estimate of drug-likeness (QED) is 0.236. The van der Waals surface area contributed by atoms with E-state index in [2.05, 4.69) is 31.0 Å². The summed E-state index contributed by atoms with van der Waals surface area (Å²) in [6.45, 7) is 6.10. The number of fused-ring (bicyclic) bond motifs is 1. The molecule has 6 N–H and O–H groups in total. The van der Waals surface area contributed by atoms with Crippen LogP contribution in [0.5, 0.6) is 0 Å². The summed E-state index contributed by atoms with van der Waals surface area (Å²) >= 11 is 5.72. The molecule has 1 aliphatic heterocycles. The Balaban J connectivity index is 0.000000395. The predicted molar refractivity (Wildman–Crippen MR) is 160 cm³/mol. The van der Waals surface area contributed by atoms with E-state index in [1.807, 2.05) is 53.4 Å². The number of amides is 2. The van der Waals surface area contributed by atoms with Crippen molar-refractivity contribution in [1.82, 2.24) is 9.80 Å². The van der Waals surface area contributed by atoms with Crippen LogP contribution >= 0.6 is 11.6 Å². The Bertz CT molecular complexity index is 1310. The number of aliphatic imine (C=N–C) groups is 1. The standard InChI is InChI=1S/C22H30N6O2.C8H9Cl/c23-14-21(30)28-11-10-27(15-19(28)6-3-9-26-22(24)25)20(29)13-16-7-8-17-4-1-2-5-18(17)12-16;1-6-3-4-8(9)5-7(6)2/h1-2,4-5,7-8,12,19H,3,6,9-11,13-15,23H2,(H4,24,25,26);3-5H,1-2H3. The molecular formula is C30H39ClN6O2. The minimum absolute atomic E-state index is 0.0323. The van der Waals surface area contributed by atoms with Crippen LogP contribution in [0.1, 0.15) is 29.5 Å². The molecule has 39 heavy (non-hydrogen) atoms. The first-order chi connectivity index (χ1) is 18.7. The molecule has 3 aromatic carbocycles. The maximum atomic E-state index is 13.0. The van der Waals surface area contributed by atoms with E-state index in [-0.39, 0.29) is 30.4 Å². The number of carbonyl (C=O) groups excluding carboxylic acids is 2. The topological polar surface area (TPSA) is 131 Å². The molecule has 0 aromatic heterocycles. The maximum Gasteiger partial charge on any atom is 0.236 e. The van der Waals surface area contributed by atoms with Gasteiger partial charge in [-0.05, 0) is 66.3 Å². The van der Waals surface area contributed by atoms with Crippen LogP contribution in [0.3, 0.4) is 0 Å². The van der Waals surface area contributed by atoms with E-state index < -0.39 is 0 Å². The number of piperazine rings is 1. The molecule has 9 heteroatoms. The summed E-state index contributed by atoms with van der Waals surface area (Å²) < 4.78 is 0. The third kappa shape index (κ3) is 8.97. The first-order valence-corrected chi connectivity index (χ1v) is 13.6. The van der Waals surface area contributed by atoms with E-state index in [1.54, 1.807) is 4.90 Å². The Morgan fingerprint density at radius 1 is 0.949 bits per heavy atom. The fourth-order valence-electron chi connectivity index (χ4n) is 4.65. The summed E-state index contributed by atoms with van der Waals surface area (Å²) in [5.41, 5.74) is 19.9. The number of hydrogen-bond acceptors (Lipinski definition) is 4. The summed E-state index contributed by atoms with van der Waals surface area (Å²) in [5, 5.41) is 3.10. The summed E-state index contributed by atoms with van der Waals surface area (Å²) in [6, 6.07) is 20.0. The molecule has 1 fully saturated rings. The zero-order valence-corrected chi connectivity index (χ0v) is 23.5. The number of benzene rings is 3. The largest absolute Gasteiger partial charge is 0.370 e. The molecule has 2 amide bonds. The first kappa shape index (κ1) is 29.9. The van der Waals surface area contributed by atoms with E-state index in [9.17, 15) is 9.59 Å². The van der Waals surface area contributed by atoms with Gasteiger partial charge < -0.3 is 27.0 Å². The van der Waals surface area contributed by atoms with E-state index in [1.165, 1.54) is 11.1 Å². The highest BCUT2D eigenvalue weighted by Gasteiger charge is 2.31. The number of carbonyl (C=O) groups is 2. The molecule has 0 bridgehead atoms. The number of aryl methyl sites for hydroxylation is 2. The lowest BCUT2D eigenvalue weighted by atomic mass is 10.0. The monoisotopic (exact) mass is 550 g/mol. The van der Waals surface area contributed by atoms with Gasteiger partial charge in [0.2, 0.25) is 11.8 Å². The second-order valence-electron chi connectivity index (χ2n) is 9.82. The highest BCUT2D eigenvalue weighted by molar-refractivity contribution is 6.30. The number of rotatable bonds is 7. The Morgan fingerprint density at radius 2 is 1.69 bits per heavy atom. The van der Waals surface area contributed by atoms with Gasteiger partial charge in [0.05, 0.1) is 13.0 Å². The van der Waals surface area contributed by atoms with Crippen molar-refractivity contribution in [3.63, 3.8) is 0 Å². The molecule has 1 unspecified atom stereocenters. The molecule has 1 heterocycles. The Labute approximate surface area is 235 Å². The van der Waals surface area contributed by atoms with Crippen LogP contribution in [-0.4, -0.2) is 66.3 Å². The van der Waals surface area contributed by atoms with Gasteiger partial charge in [-0.1, -0.05) is 60.1 Å². The molecule has 1 aliphatic rings. The van der Waals surface area contributed by atoms with Gasteiger partial charge in [0.25, 0.3) is 0 Å². The van der Waals surface area contributed by atoms with Crippen LogP contribution in [0.2, 0.25) is 5.02 Å². The molecule has 0 radical (unpaired) electrons. The minimum atomic E-state index is -0.0940. The molecule has 0 spiro atoms. The molecular weight excluding hydrogens is 512 g/mol. The average Bonchev–Trinajstić information content (AvgIpc) is 2.93. The lowest BCUT2D eigenvalue weighted by Crippen LogP contribution is -2.57. The zero-order chi connectivity index (χ0) is 28.4. The molecule has 1 saturated heterocycles. The van der Waals surface area contributed by atoms with Gasteiger partial charge in [-0.25, -0.2) is 0 Å². The Kier molecular flexibility index (Phi) is 11.1. The molecule has 0 saturated carbocycles. The molecule has 0 aliphatic carbocycles. The van der Waals surface area contributed by atoms with E-state index in [0.717, 1.165) is 27.8 Å². The van der Waals surface area contributed by atoms with Crippen molar-refractivity contribution >= 4 is 40.1 Å². The number of halogens is 1. The first-order valence-electron chi connectivity index (χ1n) is 13.2. The highest BCUT2D eigenvalue weighted by atomic mass is 35.5. The van der Waals surface area contributed by atoms with E-state index in [0.29, 0.717) is 39.0 Å². The van der Waals surface area contributed by atoms with Gasteiger partial charge in [0, 0.05) is 37.2 Å². The third-order valence-corrected chi connectivity index (χ3v) is 7.19. The molecule has 4 rings (SSSR count). The molecule has 208 valence electrons. The van der Waals surface area contributed by atoms with Crippen molar-refractivity contribution in [2.24, 2.45) is 22.2 Å². The Morgan fingerprint density at radius 3 is 2.36 bits per heavy atom. The zero-order valence-electron chi connectivity index (χ0n) is 22.8. The summed E-state index contributed by atoms with van der Waals surface area (Å²) in [4.78, 5) is 32.8. The fraction of sp³-hybridized carbons (Fsp3) is 0.367. The lowest BCUT2D eigenvalue weighted by Gasteiger charge is -2.41. The number of guanidine groups is 1. The van der Waals surface area contributed by atoms with Gasteiger partial charge >= 0.3 is 0 Å². The molecule has 8 nitrogen and oxygen atoms in total. The van der Waals surface area contributed by atoms with E-state index >= 15 is 0 Å².